The summed E-state index contributed by atoms with van der Waals surface area (Å²) in [6, 6.07) is 7.06. The van der Waals surface area contributed by atoms with Crippen LogP contribution in [0.1, 0.15) is 13.8 Å². The van der Waals surface area contributed by atoms with Crippen molar-refractivity contribution < 1.29 is 4.39 Å². The van der Waals surface area contributed by atoms with Gasteiger partial charge in [-0.2, -0.15) is 4.98 Å². The number of halogens is 1. The summed E-state index contributed by atoms with van der Waals surface area (Å²) in [5.41, 5.74) is 0.835. The van der Waals surface area contributed by atoms with E-state index in [0.29, 0.717) is 23.9 Å². The van der Waals surface area contributed by atoms with E-state index < -0.39 is 0 Å². The van der Waals surface area contributed by atoms with E-state index in [0.717, 1.165) is 18.7 Å². The van der Waals surface area contributed by atoms with E-state index in [4.69, 9.17) is 0 Å². The van der Waals surface area contributed by atoms with Gasteiger partial charge < -0.3 is 10.2 Å². The standard InChI is InChI=1S/C14H18FN5/c1-9-7-20(8-10(2)16-9)14-17-13(18-19-14)11-3-5-12(15)6-4-11/h3-6,9-10,16H,7-8H2,1-2H3,(H,17,18,19). The van der Waals surface area contributed by atoms with Crippen LogP contribution in [0.4, 0.5) is 10.3 Å². The first kappa shape index (κ1) is 13.1. The van der Waals surface area contributed by atoms with Crippen molar-refractivity contribution in [1.82, 2.24) is 20.5 Å². The molecule has 0 amide bonds. The van der Waals surface area contributed by atoms with Crippen LogP contribution in [0.5, 0.6) is 0 Å². The number of anilines is 1. The molecule has 1 aliphatic heterocycles. The van der Waals surface area contributed by atoms with Gasteiger partial charge in [0.25, 0.3) is 0 Å². The molecule has 1 saturated heterocycles. The number of nitrogens with one attached hydrogen (secondary N) is 2. The van der Waals surface area contributed by atoms with Crippen LogP contribution in [0, 0.1) is 5.82 Å². The zero-order valence-electron chi connectivity index (χ0n) is 11.6. The molecule has 1 aliphatic rings. The van der Waals surface area contributed by atoms with Gasteiger partial charge in [0.1, 0.15) is 5.82 Å². The fourth-order valence-electron chi connectivity index (χ4n) is 2.62. The van der Waals surface area contributed by atoms with Gasteiger partial charge in [-0.1, -0.05) is 0 Å². The highest BCUT2D eigenvalue weighted by atomic mass is 19.1. The lowest BCUT2D eigenvalue weighted by molar-refractivity contribution is 0.403. The van der Waals surface area contributed by atoms with Gasteiger partial charge in [-0.25, -0.2) is 4.39 Å². The molecule has 1 fully saturated rings. The zero-order valence-corrected chi connectivity index (χ0v) is 11.6. The van der Waals surface area contributed by atoms with Gasteiger partial charge in [-0.15, -0.1) is 5.10 Å². The van der Waals surface area contributed by atoms with E-state index in [2.05, 4.69) is 39.2 Å². The Bertz CT molecular complexity index is 570. The van der Waals surface area contributed by atoms with Crippen LogP contribution >= 0.6 is 0 Å². The Hall–Kier alpha value is -1.95. The number of benzene rings is 1. The Morgan fingerprint density at radius 3 is 2.45 bits per heavy atom. The number of rotatable bonds is 2. The molecule has 106 valence electrons. The third kappa shape index (κ3) is 2.65. The quantitative estimate of drug-likeness (QED) is 0.877. The summed E-state index contributed by atoms with van der Waals surface area (Å²) in [4.78, 5) is 6.67. The molecule has 1 aromatic carbocycles. The van der Waals surface area contributed by atoms with Gasteiger partial charge in [0.2, 0.25) is 5.95 Å². The topological polar surface area (TPSA) is 56.8 Å². The summed E-state index contributed by atoms with van der Waals surface area (Å²) in [6.07, 6.45) is 0. The maximum atomic E-state index is 12.9. The average molecular weight is 275 g/mol. The van der Waals surface area contributed by atoms with Gasteiger partial charge >= 0.3 is 0 Å². The van der Waals surface area contributed by atoms with E-state index in [-0.39, 0.29) is 5.82 Å². The molecule has 5 nitrogen and oxygen atoms in total. The molecule has 3 rings (SSSR count). The summed E-state index contributed by atoms with van der Waals surface area (Å²) in [5.74, 6) is 1.11. The van der Waals surface area contributed by atoms with Crippen molar-refractivity contribution in [3.63, 3.8) is 0 Å². The minimum Gasteiger partial charge on any atom is -0.336 e. The summed E-state index contributed by atoms with van der Waals surface area (Å²) in [5, 5.41) is 10.7. The van der Waals surface area contributed by atoms with E-state index in [1.165, 1.54) is 12.1 Å². The largest absolute Gasteiger partial charge is 0.336 e. The van der Waals surface area contributed by atoms with Crippen LogP contribution in [-0.2, 0) is 0 Å². The van der Waals surface area contributed by atoms with Crippen molar-refractivity contribution in [2.24, 2.45) is 0 Å². The molecule has 0 radical (unpaired) electrons. The second-order valence-electron chi connectivity index (χ2n) is 5.36. The van der Waals surface area contributed by atoms with Crippen molar-refractivity contribution >= 4 is 5.95 Å². The molecule has 2 atom stereocenters. The molecule has 0 bridgehead atoms. The van der Waals surface area contributed by atoms with Gasteiger partial charge in [0.05, 0.1) is 0 Å². The Labute approximate surface area is 117 Å². The fourth-order valence-corrected chi connectivity index (χ4v) is 2.62. The van der Waals surface area contributed by atoms with Crippen molar-refractivity contribution in [3.8, 4) is 11.4 Å². The lowest BCUT2D eigenvalue weighted by Crippen LogP contribution is -2.54. The van der Waals surface area contributed by atoms with E-state index in [1.807, 2.05) is 0 Å². The number of H-pyrrole nitrogens is 1. The molecular formula is C14H18FN5. The van der Waals surface area contributed by atoms with Crippen molar-refractivity contribution in [3.05, 3.63) is 30.1 Å². The molecule has 6 heteroatoms. The fraction of sp³-hybridized carbons (Fsp3) is 0.429. The number of hydrogen-bond donors (Lipinski definition) is 2. The molecule has 2 aromatic rings. The average Bonchev–Trinajstić information content (AvgIpc) is 2.88. The number of aromatic nitrogens is 3. The third-order valence-electron chi connectivity index (χ3n) is 3.43. The van der Waals surface area contributed by atoms with E-state index in [9.17, 15) is 4.39 Å². The lowest BCUT2D eigenvalue weighted by Gasteiger charge is -2.35. The van der Waals surface area contributed by atoms with Gasteiger partial charge in [0.15, 0.2) is 5.82 Å². The minimum absolute atomic E-state index is 0.252. The number of hydrogen-bond acceptors (Lipinski definition) is 4. The SMILES string of the molecule is CC1CN(c2n[nH]c(-c3ccc(F)cc3)n2)CC(C)N1. The van der Waals surface area contributed by atoms with Crippen LogP contribution < -0.4 is 10.2 Å². The monoisotopic (exact) mass is 275 g/mol. The van der Waals surface area contributed by atoms with E-state index in [1.54, 1.807) is 12.1 Å². The second kappa shape index (κ2) is 5.20. The van der Waals surface area contributed by atoms with Crippen molar-refractivity contribution in [2.75, 3.05) is 18.0 Å². The molecule has 20 heavy (non-hydrogen) atoms. The molecule has 0 saturated carbocycles. The predicted octanol–water partition coefficient (Wildman–Crippen LogP) is 1.80. The second-order valence-corrected chi connectivity index (χ2v) is 5.36. The Kier molecular flexibility index (Phi) is 3.40. The molecule has 2 heterocycles. The van der Waals surface area contributed by atoms with Crippen LogP contribution in [0.25, 0.3) is 11.4 Å². The van der Waals surface area contributed by atoms with Crippen LogP contribution in [0.15, 0.2) is 24.3 Å². The van der Waals surface area contributed by atoms with Crippen molar-refractivity contribution in [1.29, 1.82) is 0 Å². The Morgan fingerprint density at radius 2 is 1.80 bits per heavy atom. The number of aromatic amines is 1. The van der Waals surface area contributed by atoms with E-state index >= 15 is 0 Å². The van der Waals surface area contributed by atoms with Gasteiger partial charge in [-0.05, 0) is 38.1 Å². The smallest absolute Gasteiger partial charge is 0.245 e. The van der Waals surface area contributed by atoms with Crippen molar-refractivity contribution in [2.45, 2.75) is 25.9 Å². The first-order chi connectivity index (χ1) is 9.61. The summed E-state index contributed by atoms with van der Waals surface area (Å²) in [7, 11) is 0. The van der Waals surface area contributed by atoms with Crippen LogP contribution in [-0.4, -0.2) is 40.4 Å². The first-order valence-electron chi connectivity index (χ1n) is 6.81. The summed E-state index contributed by atoms with van der Waals surface area (Å²) >= 11 is 0. The summed E-state index contributed by atoms with van der Waals surface area (Å²) < 4.78 is 12.9. The maximum absolute atomic E-state index is 12.9. The van der Waals surface area contributed by atoms with Gasteiger partial charge in [0, 0.05) is 30.7 Å². The Morgan fingerprint density at radius 1 is 1.15 bits per heavy atom. The highest BCUT2D eigenvalue weighted by Crippen LogP contribution is 2.19. The minimum atomic E-state index is -0.252. The molecular weight excluding hydrogens is 257 g/mol. The molecule has 0 aliphatic carbocycles. The third-order valence-corrected chi connectivity index (χ3v) is 3.43. The molecule has 2 N–H and O–H groups in total. The highest BCUT2D eigenvalue weighted by Gasteiger charge is 2.23. The zero-order chi connectivity index (χ0) is 14.1. The number of piperazine rings is 1. The maximum Gasteiger partial charge on any atom is 0.245 e. The first-order valence-corrected chi connectivity index (χ1v) is 6.81. The normalized spacial score (nSPS) is 23.1. The molecule has 0 spiro atoms. The number of nitrogens with zero attached hydrogens (tertiary/aromatic N) is 3. The van der Waals surface area contributed by atoms with Gasteiger partial charge in [-0.3, -0.25) is 5.10 Å². The van der Waals surface area contributed by atoms with Crippen LogP contribution in [0.2, 0.25) is 0 Å². The summed E-state index contributed by atoms with van der Waals surface area (Å²) in [6.45, 7) is 6.06. The lowest BCUT2D eigenvalue weighted by atomic mass is 10.1. The highest BCUT2D eigenvalue weighted by molar-refractivity contribution is 5.56. The Balaban J connectivity index is 1.81. The van der Waals surface area contributed by atoms with Crippen LogP contribution in [0.3, 0.4) is 0 Å². The molecule has 1 aromatic heterocycles. The molecule has 2 unspecified atom stereocenters. The predicted molar refractivity (Wildman–Crippen MR) is 76.0 cm³/mol.